The fourth-order valence-electron chi connectivity index (χ4n) is 2.59. The van der Waals surface area contributed by atoms with Gasteiger partial charge in [-0.05, 0) is 29.8 Å². The Hall–Kier alpha value is -2.80. The first-order valence-electron chi connectivity index (χ1n) is 7.97. The van der Waals surface area contributed by atoms with Crippen molar-refractivity contribution in [1.29, 1.82) is 0 Å². The molecule has 0 aliphatic heterocycles. The number of rotatable bonds is 7. The van der Waals surface area contributed by atoms with Crippen LogP contribution in [0.2, 0.25) is 0 Å². The average Bonchev–Trinajstić information content (AvgIpc) is 2.98. The number of imidazole rings is 1. The van der Waals surface area contributed by atoms with Gasteiger partial charge in [0.2, 0.25) is 5.91 Å². The van der Waals surface area contributed by atoms with E-state index in [4.69, 9.17) is 4.74 Å². The van der Waals surface area contributed by atoms with Gasteiger partial charge in [-0.3, -0.25) is 4.79 Å². The van der Waals surface area contributed by atoms with E-state index in [9.17, 15) is 9.18 Å². The first-order chi connectivity index (χ1) is 12.2. The minimum atomic E-state index is -0.316. The summed E-state index contributed by atoms with van der Waals surface area (Å²) < 4.78 is 20.0. The number of hydrogen-bond acceptors (Lipinski definition) is 4. The molecule has 130 valence electrons. The minimum Gasteiger partial charge on any atom is -0.383 e. The number of nitrogens with one attached hydrogen (secondary N) is 1. The fourth-order valence-corrected chi connectivity index (χ4v) is 2.59. The van der Waals surface area contributed by atoms with Crippen LogP contribution in [0.1, 0.15) is 11.4 Å². The normalized spacial score (nSPS) is 11.0. The molecule has 1 aromatic carbocycles. The molecule has 0 bridgehead atoms. The second kappa shape index (κ2) is 7.85. The summed E-state index contributed by atoms with van der Waals surface area (Å²) in [7, 11) is 1.64. The van der Waals surface area contributed by atoms with Gasteiger partial charge in [-0.15, -0.1) is 0 Å². The molecule has 0 aliphatic rings. The molecule has 0 spiro atoms. The maximum absolute atomic E-state index is 12.9. The lowest BCUT2D eigenvalue weighted by Crippen LogP contribution is -2.26. The van der Waals surface area contributed by atoms with Gasteiger partial charge >= 0.3 is 0 Å². The van der Waals surface area contributed by atoms with Crippen LogP contribution < -0.4 is 5.32 Å². The van der Waals surface area contributed by atoms with Crippen molar-refractivity contribution in [1.82, 2.24) is 19.9 Å². The summed E-state index contributed by atoms with van der Waals surface area (Å²) in [5, 5.41) is 2.86. The topological polar surface area (TPSA) is 69.0 Å². The monoisotopic (exact) mass is 342 g/mol. The third-order valence-corrected chi connectivity index (χ3v) is 3.82. The number of nitrogens with zero attached hydrogens (tertiary/aromatic N) is 3. The predicted molar refractivity (Wildman–Crippen MR) is 91.4 cm³/mol. The molecule has 1 amide bonds. The molecule has 6 nitrogen and oxygen atoms in total. The highest BCUT2D eigenvalue weighted by molar-refractivity contribution is 5.78. The first kappa shape index (κ1) is 17.0. The number of ether oxygens (including phenoxy) is 1. The van der Waals surface area contributed by atoms with Crippen LogP contribution >= 0.6 is 0 Å². The van der Waals surface area contributed by atoms with Crippen LogP contribution in [0.4, 0.5) is 4.39 Å². The molecule has 1 N–H and O–H groups in total. The van der Waals surface area contributed by atoms with Gasteiger partial charge in [-0.25, -0.2) is 14.4 Å². The highest BCUT2D eigenvalue weighted by atomic mass is 19.1. The number of aromatic nitrogens is 3. The van der Waals surface area contributed by atoms with Gasteiger partial charge in [0.15, 0.2) is 5.65 Å². The van der Waals surface area contributed by atoms with E-state index in [0.717, 1.165) is 22.6 Å². The van der Waals surface area contributed by atoms with Gasteiger partial charge in [-0.1, -0.05) is 12.1 Å². The van der Waals surface area contributed by atoms with E-state index in [0.29, 0.717) is 19.7 Å². The van der Waals surface area contributed by atoms with Crippen LogP contribution in [-0.2, 0) is 29.0 Å². The van der Waals surface area contributed by atoms with Crippen LogP contribution in [0.15, 0.2) is 42.6 Å². The summed E-state index contributed by atoms with van der Waals surface area (Å²) in [5.74, 6) is 0.256. The summed E-state index contributed by atoms with van der Waals surface area (Å²) >= 11 is 0. The van der Waals surface area contributed by atoms with Gasteiger partial charge in [0, 0.05) is 19.9 Å². The zero-order valence-electron chi connectivity index (χ0n) is 13.9. The van der Waals surface area contributed by atoms with Crippen molar-refractivity contribution in [2.45, 2.75) is 19.5 Å². The van der Waals surface area contributed by atoms with Crippen molar-refractivity contribution in [2.75, 3.05) is 13.7 Å². The summed E-state index contributed by atoms with van der Waals surface area (Å²) in [5.41, 5.74) is 2.30. The van der Waals surface area contributed by atoms with Crippen LogP contribution in [0.25, 0.3) is 11.2 Å². The van der Waals surface area contributed by atoms with Crippen molar-refractivity contribution in [3.05, 3.63) is 59.8 Å². The van der Waals surface area contributed by atoms with Crippen molar-refractivity contribution in [3.8, 4) is 0 Å². The van der Waals surface area contributed by atoms with Gasteiger partial charge in [0.05, 0.1) is 19.6 Å². The summed E-state index contributed by atoms with van der Waals surface area (Å²) in [4.78, 5) is 21.0. The number of fused-ring (bicyclic) bond motifs is 1. The quantitative estimate of drug-likeness (QED) is 0.714. The molecular formula is C18H19FN4O2. The number of hydrogen-bond donors (Lipinski definition) is 1. The lowest BCUT2D eigenvalue weighted by molar-refractivity contribution is -0.120. The summed E-state index contributed by atoms with van der Waals surface area (Å²) in [6, 6.07) is 9.61. The molecule has 0 atom stereocenters. The molecular weight excluding hydrogens is 323 g/mol. The number of methoxy groups -OCH3 is 1. The molecule has 0 radical (unpaired) electrons. The van der Waals surface area contributed by atoms with E-state index in [1.165, 1.54) is 12.1 Å². The third-order valence-electron chi connectivity index (χ3n) is 3.82. The molecule has 7 heteroatoms. The number of pyridine rings is 1. The molecule has 0 saturated heterocycles. The zero-order valence-corrected chi connectivity index (χ0v) is 13.9. The maximum atomic E-state index is 12.9. The molecule has 3 rings (SSSR count). The molecule has 0 unspecified atom stereocenters. The molecule has 25 heavy (non-hydrogen) atoms. The number of halogens is 1. The Kier molecular flexibility index (Phi) is 5.35. The molecule has 0 fully saturated rings. The van der Waals surface area contributed by atoms with E-state index in [1.54, 1.807) is 25.4 Å². The fraction of sp³-hybridized carbons (Fsp3) is 0.278. The second-order valence-electron chi connectivity index (χ2n) is 5.60. The Bertz CT molecular complexity index is 861. The number of amides is 1. The standard InChI is InChI=1S/C18H19FN4O2/c1-25-10-9-23-16(22-15-3-2-8-20-18(15)23)12-21-17(24)11-13-4-6-14(19)7-5-13/h2-8H,9-12H2,1H3,(H,21,24). The van der Waals surface area contributed by atoms with Crippen molar-refractivity contribution >= 4 is 17.1 Å². The molecule has 3 aromatic rings. The van der Waals surface area contributed by atoms with Gasteiger partial charge < -0.3 is 14.6 Å². The van der Waals surface area contributed by atoms with Crippen molar-refractivity contribution in [3.63, 3.8) is 0 Å². The lowest BCUT2D eigenvalue weighted by atomic mass is 10.1. The number of benzene rings is 1. The first-order valence-corrected chi connectivity index (χ1v) is 7.97. The van der Waals surface area contributed by atoms with E-state index in [1.807, 2.05) is 16.7 Å². The molecule has 0 aliphatic carbocycles. The Labute approximate surface area is 144 Å². The van der Waals surface area contributed by atoms with Crippen molar-refractivity contribution in [2.24, 2.45) is 0 Å². The Morgan fingerprint density at radius 2 is 2.08 bits per heavy atom. The SMILES string of the molecule is COCCn1c(CNC(=O)Cc2ccc(F)cc2)nc2cccnc21. The van der Waals surface area contributed by atoms with Crippen molar-refractivity contribution < 1.29 is 13.9 Å². The maximum Gasteiger partial charge on any atom is 0.224 e. The summed E-state index contributed by atoms with van der Waals surface area (Å²) in [6.45, 7) is 1.42. The van der Waals surface area contributed by atoms with Crippen LogP contribution in [0.5, 0.6) is 0 Å². The van der Waals surface area contributed by atoms with Crippen LogP contribution in [-0.4, -0.2) is 34.2 Å². The number of carbonyl (C=O) groups excluding carboxylic acids is 1. The Morgan fingerprint density at radius 3 is 2.84 bits per heavy atom. The highest BCUT2D eigenvalue weighted by Crippen LogP contribution is 2.13. The smallest absolute Gasteiger partial charge is 0.224 e. The second-order valence-corrected chi connectivity index (χ2v) is 5.60. The third kappa shape index (κ3) is 4.19. The van der Waals surface area contributed by atoms with E-state index in [2.05, 4.69) is 15.3 Å². The van der Waals surface area contributed by atoms with Gasteiger partial charge in [0.1, 0.15) is 17.2 Å². The van der Waals surface area contributed by atoms with Crippen LogP contribution in [0.3, 0.4) is 0 Å². The lowest BCUT2D eigenvalue weighted by Gasteiger charge is -2.09. The summed E-state index contributed by atoms with van der Waals surface area (Å²) in [6.07, 6.45) is 1.90. The Morgan fingerprint density at radius 1 is 1.28 bits per heavy atom. The van der Waals surface area contributed by atoms with Gasteiger partial charge in [-0.2, -0.15) is 0 Å². The molecule has 2 aromatic heterocycles. The van der Waals surface area contributed by atoms with E-state index >= 15 is 0 Å². The Balaban J connectivity index is 1.69. The van der Waals surface area contributed by atoms with E-state index in [-0.39, 0.29) is 18.1 Å². The largest absolute Gasteiger partial charge is 0.383 e. The van der Waals surface area contributed by atoms with Gasteiger partial charge in [0.25, 0.3) is 0 Å². The van der Waals surface area contributed by atoms with Crippen LogP contribution in [0, 0.1) is 5.82 Å². The zero-order chi connectivity index (χ0) is 17.6. The predicted octanol–water partition coefficient (Wildman–Crippen LogP) is 2.08. The molecule has 2 heterocycles. The molecule has 0 saturated carbocycles. The minimum absolute atomic E-state index is 0.148. The van der Waals surface area contributed by atoms with E-state index < -0.39 is 0 Å². The average molecular weight is 342 g/mol. The highest BCUT2D eigenvalue weighted by Gasteiger charge is 2.12. The number of carbonyl (C=O) groups is 1.